The molecule has 0 aliphatic heterocycles. The number of carbonyl (C=O) groups is 1. The second kappa shape index (κ2) is 7.93. The van der Waals surface area contributed by atoms with Crippen LogP contribution in [0.3, 0.4) is 0 Å². The number of ether oxygens (including phenoxy) is 2. The third kappa shape index (κ3) is 3.97. The van der Waals surface area contributed by atoms with Gasteiger partial charge < -0.3 is 19.3 Å². The zero-order valence-electron chi connectivity index (χ0n) is 14.3. The number of carbonyl (C=O) groups excluding carboxylic acids is 1. The summed E-state index contributed by atoms with van der Waals surface area (Å²) in [5.41, 5.74) is 1.88. The first-order valence-corrected chi connectivity index (χ1v) is 8.20. The summed E-state index contributed by atoms with van der Waals surface area (Å²) in [6.07, 6.45) is 0. The highest BCUT2D eigenvalue weighted by Gasteiger charge is 2.12. The number of halogens is 1. The van der Waals surface area contributed by atoms with Crippen LogP contribution in [0.1, 0.15) is 16.1 Å². The molecule has 0 radical (unpaired) electrons. The fraction of sp³-hybridized carbons (Fsp3) is 0.158. The Morgan fingerprint density at radius 2 is 1.92 bits per heavy atom. The van der Waals surface area contributed by atoms with Gasteiger partial charge in [0, 0.05) is 22.2 Å². The molecule has 1 amide bonds. The van der Waals surface area contributed by atoms with Gasteiger partial charge in [0.25, 0.3) is 5.91 Å². The molecule has 1 heterocycles. The van der Waals surface area contributed by atoms with Gasteiger partial charge in [0.15, 0.2) is 17.3 Å². The van der Waals surface area contributed by atoms with Gasteiger partial charge in [-0.05, 0) is 36.4 Å². The number of rotatable bonds is 6. The van der Waals surface area contributed by atoms with Crippen molar-refractivity contribution >= 4 is 17.5 Å². The molecule has 0 saturated heterocycles. The predicted octanol–water partition coefficient (Wildman–Crippen LogP) is 3.94. The van der Waals surface area contributed by atoms with Crippen molar-refractivity contribution in [3.8, 4) is 22.8 Å². The summed E-state index contributed by atoms with van der Waals surface area (Å²) in [5.74, 6) is 1.56. The fourth-order valence-electron chi connectivity index (χ4n) is 2.42. The molecule has 6 nitrogen and oxygen atoms in total. The number of nitrogens with zero attached hydrogens (tertiary/aromatic N) is 1. The van der Waals surface area contributed by atoms with Crippen LogP contribution in [0.2, 0.25) is 5.02 Å². The van der Waals surface area contributed by atoms with Gasteiger partial charge >= 0.3 is 0 Å². The largest absolute Gasteiger partial charge is 0.493 e. The van der Waals surface area contributed by atoms with E-state index in [1.54, 1.807) is 56.7 Å². The summed E-state index contributed by atoms with van der Waals surface area (Å²) in [6.45, 7) is 0.238. The average molecular weight is 373 g/mol. The lowest BCUT2D eigenvalue weighted by atomic mass is 10.1. The van der Waals surface area contributed by atoms with Crippen molar-refractivity contribution in [2.45, 2.75) is 6.54 Å². The Bertz CT molecular complexity index is 923. The lowest BCUT2D eigenvalue weighted by Gasteiger charge is -2.07. The van der Waals surface area contributed by atoms with E-state index in [0.29, 0.717) is 33.5 Å². The summed E-state index contributed by atoms with van der Waals surface area (Å²) in [7, 11) is 3.14. The third-order valence-corrected chi connectivity index (χ3v) is 3.98. The standard InChI is InChI=1S/C19H17ClN2O4/c1-24-16-7-6-12(9-18(16)25-2)17-10-15(22-26-17)11-21-19(23)13-4-3-5-14(20)8-13/h3-10H,11H2,1-2H3,(H,21,23). The number of hydrogen-bond donors (Lipinski definition) is 1. The Balaban J connectivity index is 1.69. The van der Waals surface area contributed by atoms with Gasteiger partial charge in [-0.1, -0.05) is 22.8 Å². The van der Waals surface area contributed by atoms with Crippen LogP contribution in [0.25, 0.3) is 11.3 Å². The average Bonchev–Trinajstić information content (AvgIpc) is 3.14. The van der Waals surface area contributed by atoms with Crippen molar-refractivity contribution in [1.82, 2.24) is 10.5 Å². The van der Waals surface area contributed by atoms with Gasteiger partial charge in [-0.15, -0.1) is 0 Å². The first-order valence-electron chi connectivity index (χ1n) is 7.82. The summed E-state index contributed by atoms with van der Waals surface area (Å²) >= 11 is 5.90. The normalized spacial score (nSPS) is 10.4. The van der Waals surface area contributed by atoms with Gasteiger partial charge in [0.2, 0.25) is 0 Å². The number of amides is 1. The Morgan fingerprint density at radius 3 is 2.65 bits per heavy atom. The van der Waals surface area contributed by atoms with Crippen LogP contribution in [-0.4, -0.2) is 25.3 Å². The van der Waals surface area contributed by atoms with Crippen molar-refractivity contribution in [2.24, 2.45) is 0 Å². The third-order valence-electron chi connectivity index (χ3n) is 3.74. The van der Waals surface area contributed by atoms with Crippen molar-refractivity contribution in [1.29, 1.82) is 0 Å². The van der Waals surface area contributed by atoms with Gasteiger partial charge in [-0.25, -0.2) is 0 Å². The lowest BCUT2D eigenvalue weighted by Crippen LogP contribution is -2.22. The molecule has 0 aliphatic rings. The van der Waals surface area contributed by atoms with E-state index in [-0.39, 0.29) is 12.5 Å². The lowest BCUT2D eigenvalue weighted by molar-refractivity contribution is 0.0950. The summed E-state index contributed by atoms with van der Waals surface area (Å²) < 4.78 is 15.9. The molecule has 0 unspecified atom stereocenters. The van der Waals surface area contributed by atoms with Gasteiger partial charge in [-0.3, -0.25) is 4.79 Å². The first-order chi connectivity index (χ1) is 12.6. The van der Waals surface area contributed by atoms with E-state index in [0.717, 1.165) is 5.56 Å². The van der Waals surface area contributed by atoms with E-state index >= 15 is 0 Å². The Labute approximate surface area is 155 Å². The molecule has 3 aromatic rings. The fourth-order valence-corrected chi connectivity index (χ4v) is 2.61. The molecule has 0 saturated carbocycles. The minimum Gasteiger partial charge on any atom is -0.493 e. The molecule has 7 heteroatoms. The molecule has 3 rings (SSSR count). The monoisotopic (exact) mass is 372 g/mol. The van der Waals surface area contributed by atoms with E-state index in [9.17, 15) is 4.79 Å². The Hall–Kier alpha value is -2.99. The maximum Gasteiger partial charge on any atom is 0.251 e. The van der Waals surface area contributed by atoms with E-state index in [1.807, 2.05) is 6.07 Å². The van der Waals surface area contributed by atoms with Crippen LogP contribution < -0.4 is 14.8 Å². The van der Waals surface area contributed by atoms with E-state index in [1.165, 1.54) is 0 Å². The summed E-state index contributed by atoms with van der Waals surface area (Å²) in [5, 5.41) is 7.28. The highest BCUT2D eigenvalue weighted by Crippen LogP contribution is 2.32. The second-order valence-corrected chi connectivity index (χ2v) is 5.88. The van der Waals surface area contributed by atoms with Crippen LogP contribution in [0, 0.1) is 0 Å². The Morgan fingerprint density at radius 1 is 1.12 bits per heavy atom. The number of hydrogen-bond acceptors (Lipinski definition) is 5. The minimum atomic E-state index is -0.233. The molecule has 1 N–H and O–H groups in total. The van der Waals surface area contributed by atoms with Crippen LogP contribution in [0.5, 0.6) is 11.5 Å². The Kier molecular flexibility index (Phi) is 5.43. The van der Waals surface area contributed by atoms with Crippen molar-refractivity contribution in [3.05, 3.63) is 64.8 Å². The van der Waals surface area contributed by atoms with E-state index < -0.39 is 0 Å². The predicted molar refractivity (Wildman–Crippen MR) is 97.7 cm³/mol. The van der Waals surface area contributed by atoms with Gasteiger partial charge in [0.1, 0.15) is 5.69 Å². The number of nitrogens with one attached hydrogen (secondary N) is 1. The highest BCUT2D eigenvalue weighted by atomic mass is 35.5. The van der Waals surface area contributed by atoms with E-state index in [2.05, 4.69) is 10.5 Å². The molecule has 1 aromatic heterocycles. The molecular weight excluding hydrogens is 356 g/mol. The SMILES string of the molecule is COc1ccc(-c2cc(CNC(=O)c3cccc(Cl)c3)no2)cc1OC. The van der Waals surface area contributed by atoms with Crippen molar-refractivity contribution in [2.75, 3.05) is 14.2 Å². The topological polar surface area (TPSA) is 73.6 Å². The second-order valence-electron chi connectivity index (χ2n) is 5.45. The van der Waals surface area contributed by atoms with Crippen LogP contribution >= 0.6 is 11.6 Å². The smallest absolute Gasteiger partial charge is 0.251 e. The van der Waals surface area contributed by atoms with E-state index in [4.69, 9.17) is 25.6 Å². The highest BCUT2D eigenvalue weighted by molar-refractivity contribution is 6.30. The first kappa shape index (κ1) is 17.8. The zero-order chi connectivity index (χ0) is 18.5. The van der Waals surface area contributed by atoms with Gasteiger partial charge in [0.05, 0.1) is 20.8 Å². The summed E-state index contributed by atoms with van der Waals surface area (Å²) in [6, 6.07) is 13.9. The molecule has 2 aromatic carbocycles. The molecule has 0 aliphatic carbocycles. The summed E-state index contributed by atoms with van der Waals surface area (Å²) in [4.78, 5) is 12.1. The molecule has 0 spiro atoms. The molecule has 0 fully saturated rings. The van der Waals surface area contributed by atoms with Crippen molar-refractivity contribution in [3.63, 3.8) is 0 Å². The van der Waals surface area contributed by atoms with Crippen LogP contribution in [-0.2, 0) is 6.54 Å². The number of methoxy groups -OCH3 is 2. The van der Waals surface area contributed by atoms with Gasteiger partial charge in [-0.2, -0.15) is 0 Å². The molecular formula is C19H17ClN2O4. The maximum atomic E-state index is 12.1. The zero-order valence-corrected chi connectivity index (χ0v) is 15.0. The van der Waals surface area contributed by atoms with Crippen LogP contribution in [0.4, 0.5) is 0 Å². The number of benzene rings is 2. The van der Waals surface area contributed by atoms with Crippen LogP contribution in [0.15, 0.2) is 53.1 Å². The quantitative estimate of drug-likeness (QED) is 0.709. The molecule has 134 valence electrons. The molecule has 26 heavy (non-hydrogen) atoms. The minimum absolute atomic E-state index is 0.233. The molecule has 0 bridgehead atoms. The maximum absolute atomic E-state index is 12.1. The molecule has 0 atom stereocenters. The number of aromatic nitrogens is 1. The van der Waals surface area contributed by atoms with Crippen molar-refractivity contribution < 1.29 is 18.8 Å².